The van der Waals surface area contributed by atoms with Gasteiger partial charge in [0.15, 0.2) is 5.82 Å². The predicted octanol–water partition coefficient (Wildman–Crippen LogP) is 1.01. The van der Waals surface area contributed by atoms with Crippen molar-refractivity contribution in [3.8, 4) is 5.82 Å². The smallest absolute Gasteiger partial charge is 0.177 e. The number of pyridine rings is 1. The number of nitrogens with one attached hydrogen (secondary N) is 1. The Morgan fingerprint density at radius 2 is 2.00 bits per heavy atom. The van der Waals surface area contributed by atoms with Crippen LogP contribution in [0, 0.1) is 6.92 Å². The molecule has 0 aromatic carbocycles. The predicted molar refractivity (Wildman–Crippen MR) is 53.4 cm³/mol. The van der Waals surface area contributed by atoms with Gasteiger partial charge in [0.1, 0.15) is 0 Å². The van der Waals surface area contributed by atoms with E-state index in [-0.39, 0.29) is 0 Å². The summed E-state index contributed by atoms with van der Waals surface area (Å²) in [6, 6.07) is 2.01. The molecule has 0 saturated heterocycles. The van der Waals surface area contributed by atoms with Crippen LogP contribution in [0.2, 0.25) is 0 Å². The van der Waals surface area contributed by atoms with Gasteiger partial charge in [-0.25, -0.2) is 4.98 Å². The van der Waals surface area contributed by atoms with Crippen molar-refractivity contribution in [3.05, 3.63) is 30.2 Å². The second kappa shape index (κ2) is 3.45. The van der Waals surface area contributed by atoms with E-state index in [2.05, 4.69) is 20.5 Å². The highest BCUT2D eigenvalue weighted by Gasteiger charge is 2.03. The molecule has 5 heteroatoms. The molecule has 0 unspecified atom stereocenters. The van der Waals surface area contributed by atoms with Crippen LogP contribution in [0.4, 0.5) is 5.69 Å². The highest BCUT2D eigenvalue weighted by Crippen LogP contribution is 2.13. The van der Waals surface area contributed by atoms with E-state index in [1.165, 1.54) is 4.80 Å². The van der Waals surface area contributed by atoms with Gasteiger partial charge in [-0.3, -0.25) is 0 Å². The van der Waals surface area contributed by atoms with Gasteiger partial charge in [0, 0.05) is 7.05 Å². The number of hydrogen-bond donors (Lipinski definition) is 1. The average molecular weight is 189 g/mol. The Hall–Kier alpha value is -1.91. The van der Waals surface area contributed by atoms with Gasteiger partial charge in [-0.2, -0.15) is 10.2 Å². The van der Waals surface area contributed by atoms with E-state index in [9.17, 15) is 0 Å². The maximum Gasteiger partial charge on any atom is 0.177 e. The number of hydrogen-bond acceptors (Lipinski definition) is 4. The maximum atomic E-state index is 4.27. The zero-order chi connectivity index (χ0) is 9.97. The Balaban J connectivity index is 2.46. The van der Waals surface area contributed by atoms with E-state index >= 15 is 0 Å². The van der Waals surface area contributed by atoms with Crippen LogP contribution in [0.1, 0.15) is 5.56 Å². The topological polar surface area (TPSA) is 55.6 Å². The molecule has 0 bridgehead atoms. The van der Waals surface area contributed by atoms with Crippen molar-refractivity contribution in [1.82, 2.24) is 20.0 Å². The molecule has 14 heavy (non-hydrogen) atoms. The second-order valence-corrected chi connectivity index (χ2v) is 2.93. The summed E-state index contributed by atoms with van der Waals surface area (Å²) in [7, 11) is 1.86. The molecule has 2 aromatic rings. The van der Waals surface area contributed by atoms with Crippen molar-refractivity contribution >= 4 is 5.69 Å². The minimum atomic E-state index is 0.758. The molecular formula is C9H11N5. The Morgan fingerprint density at radius 1 is 1.29 bits per heavy atom. The number of aryl methyl sites for hydroxylation is 1. The summed E-state index contributed by atoms with van der Waals surface area (Å²) < 4.78 is 0. The molecule has 2 heterocycles. The molecule has 72 valence electrons. The van der Waals surface area contributed by atoms with Crippen LogP contribution < -0.4 is 5.32 Å². The fraction of sp³-hybridized carbons (Fsp3) is 0.222. The molecule has 0 amide bonds. The monoisotopic (exact) mass is 189 g/mol. The van der Waals surface area contributed by atoms with E-state index in [1.54, 1.807) is 18.6 Å². The molecule has 0 atom stereocenters. The lowest BCUT2D eigenvalue weighted by molar-refractivity contribution is 0.724. The summed E-state index contributed by atoms with van der Waals surface area (Å²) in [5.74, 6) is 0.758. The van der Waals surface area contributed by atoms with Crippen molar-refractivity contribution in [2.75, 3.05) is 12.4 Å². The van der Waals surface area contributed by atoms with Crippen molar-refractivity contribution in [3.63, 3.8) is 0 Å². The van der Waals surface area contributed by atoms with Gasteiger partial charge in [-0.1, -0.05) is 0 Å². The average Bonchev–Trinajstić information content (AvgIpc) is 2.70. The Morgan fingerprint density at radius 3 is 2.57 bits per heavy atom. The summed E-state index contributed by atoms with van der Waals surface area (Å²) in [4.78, 5) is 5.78. The van der Waals surface area contributed by atoms with Crippen molar-refractivity contribution < 1.29 is 0 Å². The van der Waals surface area contributed by atoms with Crippen LogP contribution in [0.25, 0.3) is 5.82 Å². The lowest BCUT2D eigenvalue weighted by Gasteiger charge is -2.05. The molecule has 2 rings (SSSR count). The summed E-state index contributed by atoms with van der Waals surface area (Å²) in [5, 5.41) is 11.1. The molecule has 0 aliphatic rings. The van der Waals surface area contributed by atoms with E-state index < -0.39 is 0 Å². The number of rotatable bonds is 2. The van der Waals surface area contributed by atoms with E-state index in [1.807, 2.05) is 20.0 Å². The highest BCUT2D eigenvalue weighted by molar-refractivity contribution is 5.47. The van der Waals surface area contributed by atoms with Crippen LogP contribution in [-0.2, 0) is 0 Å². The van der Waals surface area contributed by atoms with Gasteiger partial charge in [0.25, 0.3) is 0 Å². The summed E-state index contributed by atoms with van der Waals surface area (Å²) >= 11 is 0. The molecule has 5 nitrogen and oxygen atoms in total. The minimum Gasteiger partial charge on any atom is -0.387 e. The lowest BCUT2D eigenvalue weighted by atomic mass is 10.2. The zero-order valence-corrected chi connectivity index (χ0v) is 8.10. The molecule has 0 aliphatic carbocycles. The van der Waals surface area contributed by atoms with Crippen molar-refractivity contribution in [2.24, 2.45) is 0 Å². The van der Waals surface area contributed by atoms with E-state index in [4.69, 9.17) is 0 Å². The molecule has 0 spiro atoms. The SMILES string of the molecule is CNc1cnc(-n2nccn2)c(C)c1. The van der Waals surface area contributed by atoms with Gasteiger partial charge in [0.05, 0.1) is 24.3 Å². The maximum absolute atomic E-state index is 4.27. The first-order chi connectivity index (χ1) is 6.81. The van der Waals surface area contributed by atoms with Crippen LogP contribution >= 0.6 is 0 Å². The van der Waals surface area contributed by atoms with E-state index in [0.717, 1.165) is 17.1 Å². The lowest BCUT2D eigenvalue weighted by Crippen LogP contribution is -2.04. The second-order valence-electron chi connectivity index (χ2n) is 2.93. The third-order valence-corrected chi connectivity index (χ3v) is 1.95. The first-order valence-corrected chi connectivity index (χ1v) is 4.32. The summed E-state index contributed by atoms with van der Waals surface area (Å²) in [6.07, 6.45) is 5.02. The normalized spacial score (nSPS) is 10.1. The molecule has 0 aliphatic heterocycles. The molecule has 0 fully saturated rings. The van der Waals surface area contributed by atoms with Crippen LogP contribution in [0.5, 0.6) is 0 Å². The van der Waals surface area contributed by atoms with Crippen molar-refractivity contribution in [1.29, 1.82) is 0 Å². The Labute approximate surface area is 81.8 Å². The zero-order valence-electron chi connectivity index (χ0n) is 8.10. The fourth-order valence-corrected chi connectivity index (χ4v) is 1.24. The largest absolute Gasteiger partial charge is 0.387 e. The van der Waals surface area contributed by atoms with Gasteiger partial charge in [-0.05, 0) is 18.6 Å². The molecule has 2 aromatic heterocycles. The molecule has 0 radical (unpaired) electrons. The third kappa shape index (κ3) is 1.44. The number of anilines is 1. The van der Waals surface area contributed by atoms with Gasteiger partial charge in [0.2, 0.25) is 0 Å². The molecule has 0 saturated carbocycles. The van der Waals surface area contributed by atoms with E-state index in [0.29, 0.717) is 0 Å². The number of nitrogens with zero attached hydrogens (tertiary/aromatic N) is 4. The minimum absolute atomic E-state index is 0.758. The highest BCUT2D eigenvalue weighted by atomic mass is 15.5. The first-order valence-electron chi connectivity index (χ1n) is 4.32. The summed E-state index contributed by atoms with van der Waals surface area (Å²) in [5.41, 5.74) is 2.02. The van der Waals surface area contributed by atoms with Crippen LogP contribution in [0.3, 0.4) is 0 Å². The quantitative estimate of drug-likeness (QED) is 0.766. The standard InChI is InChI=1S/C9H11N5/c1-7-5-8(10-2)6-11-9(7)14-12-3-4-13-14/h3-6,10H,1-2H3. The van der Waals surface area contributed by atoms with Crippen molar-refractivity contribution in [2.45, 2.75) is 6.92 Å². The molecular weight excluding hydrogens is 178 g/mol. The third-order valence-electron chi connectivity index (χ3n) is 1.95. The fourth-order valence-electron chi connectivity index (χ4n) is 1.24. The van der Waals surface area contributed by atoms with Crippen LogP contribution in [0.15, 0.2) is 24.7 Å². The first kappa shape index (κ1) is 8.68. The van der Waals surface area contributed by atoms with Crippen LogP contribution in [-0.4, -0.2) is 27.0 Å². The van der Waals surface area contributed by atoms with Gasteiger partial charge < -0.3 is 5.32 Å². The number of aromatic nitrogens is 4. The molecule has 1 N–H and O–H groups in total. The Kier molecular flexibility index (Phi) is 2.14. The van der Waals surface area contributed by atoms with Gasteiger partial charge >= 0.3 is 0 Å². The Bertz CT molecular complexity index is 421. The van der Waals surface area contributed by atoms with Gasteiger partial charge in [-0.15, -0.1) is 4.80 Å². The summed E-state index contributed by atoms with van der Waals surface area (Å²) in [6.45, 7) is 1.98.